The van der Waals surface area contributed by atoms with E-state index >= 15 is 0 Å². The molecule has 2 heterocycles. The molecule has 0 spiro atoms. The van der Waals surface area contributed by atoms with Gasteiger partial charge < -0.3 is 19.9 Å². The van der Waals surface area contributed by atoms with Crippen LogP contribution in [0.4, 0.5) is 15.0 Å². The number of halogens is 1. The summed E-state index contributed by atoms with van der Waals surface area (Å²) in [6, 6.07) is 9.94. The van der Waals surface area contributed by atoms with Gasteiger partial charge in [-0.3, -0.25) is 0 Å². The third-order valence-corrected chi connectivity index (χ3v) is 5.42. The predicted molar refractivity (Wildman–Crippen MR) is 116 cm³/mol. The molecule has 3 unspecified atom stereocenters. The lowest BCUT2D eigenvalue weighted by Gasteiger charge is -2.36. The number of morpholine rings is 1. The molecule has 3 atom stereocenters. The Bertz CT molecular complexity index is 818. The largest absolute Gasteiger partial charge is 0.372 e. The van der Waals surface area contributed by atoms with Crippen molar-refractivity contribution in [1.29, 1.82) is 0 Å². The lowest BCUT2D eigenvalue weighted by Crippen LogP contribution is -2.45. The van der Waals surface area contributed by atoms with E-state index < -0.39 is 0 Å². The second kappa shape index (κ2) is 9.89. The van der Waals surface area contributed by atoms with Gasteiger partial charge in [0.15, 0.2) is 0 Å². The topological polar surface area (TPSA) is 57.7 Å². The smallest absolute Gasteiger partial charge is 0.318 e. The lowest BCUT2D eigenvalue weighted by atomic mass is 10.1. The van der Waals surface area contributed by atoms with Crippen molar-refractivity contribution in [3.8, 4) is 0 Å². The highest BCUT2D eigenvalue weighted by molar-refractivity contribution is 5.74. The maximum absolute atomic E-state index is 13.2. The number of rotatable bonds is 6. The first-order valence-electron chi connectivity index (χ1n) is 10.5. The summed E-state index contributed by atoms with van der Waals surface area (Å²) in [6.07, 6.45) is 2.16. The van der Waals surface area contributed by atoms with Crippen LogP contribution < -0.4 is 10.2 Å². The van der Waals surface area contributed by atoms with Crippen LogP contribution in [0.3, 0.4) is 0 Å². The standard InChI is InChI=1S/C23H31FN4O2/c1-5-28(18(4)20-7-9-21(24)10-8-20)23(29)26-13-19-6-11-22(25-12-19)27-14-16(2)30-17(3)15-27/h6-12,16-18H,5,13-15H2,1-4H3,(H,26,29). The van der Waals surface area contributed by atoms with E-state index in [1.807, 2.05) is 26.0 Å². The number of ether oxygens (including phenoxy) is 1. The number of hydrogen-bond donors (Lipinski definition) is 1. The number of hydrogen-bond acceptors (Lipinski definition) is 4. The zero-order valence-electron chi connectivity index (χ0n) is 18.1. The third-order valence-electron chi connectivity index (χ3n) is 5.42. The lowest BCUT2D eigenvalue weighted by molar-refractivity contribution is -0.00546. The van der Waals surface area contributed by atoms with Crippen molar-refractivity contribution in [2.75, 3.05) is 24.5 Å². The van der Waals surface area contributed by atoms with E-state index in [2.05, 4.69) is 29.0 Å². The zero-order chi connectivity index (χ0) is 21.7. The summed E-state index contributed by atoms with van der Waals surface area (Å²) in [4.78, 5) is 21.2. The van der Waals surface area contributed by atoms with Gasteiger partial charge in [0.05, 0.1) is 18.2 Å². The van der Waals surface area contributed by atoms with Gasteiger partial charge in [-0.1, -0.05) is 18.2 Å². The van der Waals surface area contributed by atoms with Crippen LogP contribution in [0.25, 0.3) is 0 Å². The Labute approximate surface area is 178 Å². The highest BCUT2D eigenvalue weighted by Crippen LogP contribution is 2.21. The monoisotopic (exact) mass is 414 g/mol. The van der Waals surface area contributed by atoms with Crippen LogP contribution in [0.1, 0.15) is 44.9 Å². The number of aromatic nitrogens is 1. The average Bonchev–Trinajstić information content (AvgIpc) is 2.73. The molecule has 30 heavy (non-hydrogen) atoms. The van der Waals surface area contributed by atoms with Gasteiger partial charge in [-0.2, -0.15) is 0 Å². The number of carbonyl (C=O) groups excluding carboxylic acids is 1. The fourth-order valence-corrected chi connectivity index (χ4v) is 3.87. The number of nitrogens with zero attached hydrogens (tertiary/aromatic N) is 3. The van der Waals surface area contributed by atoms with Crippen molar-refractivity contribution in [2.45, 2.75) is 52.5 Å². The molecule has 0 bridgehead atoms. The first kappa shape index (κ1) is 22.0. The van der Waals surface area contributed by atoms with Crippen LogP contribution in [0.15, 0.2) is 42.6 Å². The summed E-state index contributed by atoms with van der Waals surface area (Å²) in [5.41, 5.74) is 1.83. The van der Waals surface area contributed by atoms with Gasteiger partial charge in [0.2, 0.25) is 0 Å². The molecule has 162 valence electrons. The zero-order valence-corrected chi connectivity index (χ0v) is 18.1. The Balaban J connectivity index is 1.57. The van der Waals surface area contributed by atoms with Crippen molar-refractivity contribution < 1.29 is 13.9 Å². The molecule has 0 saturated carbocycles. The quantitative estimate of drug-likeness (QED) is 0.772. The van der Waals surface area contributed by atoms with Gasteiger partial charge in [0, 0.05) is 32.4 Å². The molecule has 6 nitrogen and oxygen atoms in total. The minimum absolute atomic E-state index is 0.151. The molecule has 2 aromatic rings. The molecule has 1 fully saturated rings. The maximum Gasteiger partial charge on any atom is 0.318 e. The Morgan fingerprint density at radius 1 is 1.23 bits per heavy atom. The minimum atomic E-state index is -0.282. The number of pyridine rings is 1. The van der Waals surface area contributed by atoms with Crippen molar-refractivity contribution in [1.82, 2.24) is 15.2 Å². The first-order valence-corrected chi connectivity index (χ1v) is 10.5. The van der Waals surface area contributed by atoms with Gasteiger partial charge in [-0.05, 0) is 57.0 Å². The number of anilines is 1. The maximum atomic E-state index is 13.2. The SMILES string of the molecule is CCN(C(=O)NCc1ccc(N2CC(C)OC(C)C2)nc1)C(C)c1ccc(F)cc1. The number of urea groups is 1. The Morgan fingerprint density at radius 3 is 2.47 bits per heavy atom. The highest BCUT2D eigenvalue weighted by Gasteiger charge is 2.23. The fraction of sp³-hybridized carbons (Fsp3) is 0.478. The summed E-state index contributed by atoms with van der Waals surface area (Å²) in [7, 11) is 0. The predicted octanol–water partition coefficient (Wildman–Crippen LogP) is 4.13. The summed E-state index contributed by atoms with van der Waals surface area (Å²) in [6.45, 7) is 10.6. The number of nitrogens with one attached hydrogen (secondary N) is 1. The van der Waals surface area contributed by atoms with E-state index in [4.69, 9.17) is 4.74 Å². The average molecular weight is 415 g/mol. The van der Waals surface area contributed by atoms with E-state index in [9.17, 15) is 9.18 Å². The normalized spacial score (nSPS) is 20.0. The Hall–Kier alpha value is -2.67. The van der Waals surface area contributed by atoms with Crippen molar-refractivity contribution in [2.24, 2.45) is 0 Å². The van der Waals surface area contributed by atoms with E-state index in [-0.39, 0.29) is 30.1 Å². The summed E-state index contributed by atoms with van der Waals surface area (Å²) in [5.74, 6) is 0.641. The molecule has 1 aromatic heterocycles. The molecule has 0 aliphatic carbocycles. The van der Waals surface area contributed by atoms with Crippen molar-refractivity contribution in [3.63, 3.8) is 0 Å². The van der Waals surface area contributed by atoms with Gasteiger partial charge in [-0.15, -0.1) is 0 Å². The molecule has 1 N–H and O–H groups in total. The molecule has 1 aliphatic rings. The second-order valence-electron chi connectivity index (χ2n) is 7.86. The molecular weight excluding hydrogens is 383 g/mol. The summed E-state index contributed by atoms with van der Waals surface area (Å²) >= 11 is 0. The second-order valence-corrected chi connectivity index (χ2v) is 7.86. The number of amides is 2. The minimum Gasteiger partial charge on any atom is -0.372 e. The third kappa shape index (κ3) is 5.48. The van der Waals surface area contributed by atoms with Crippen LogP contribution in [0, 0.1) is 5.82 Å². The van der Waals surface area contributed by atoms with E-state index in [0.29, 0.717) is 13.1 Å². The van der Waals surface area contributed by atoms with Crippen LogP contribution >= 0.6 is 0 Å². The van der Waals surface area contributed by atoms with Crippen LogP contribution in [-0.2, 0) is 11.3 Å². The molecule has 1 saturated heterocycles. The van der Waals surface area contributed by atoms with Crippen LogP contribution in [0.2, 0.25) is 0 Å². The van der Waals surface area contributed by atoms with E-state index in [1.54, 1.807) is 23.2 Å². The Morgan fingerprint density at radius 2 is 1.90 bits per heavy atom. The van der Waals surface area contributed by atoms with Gasteiger partial charge in [0.1, 0.15) is 11.6 Å². The first-order chi connectivity index (χ1) is 14.4. The summed E-state index contributed by atoms with van der Waals surface area (Å²) < 4.78 is 19.0. The van der Waals surface area contributed by atoms with Crippen LogP contribution in [0.5, 0.6) is 0 Å². The molecule has 3 rings (SSSR count). The van der Waals surface area contributed by atoms with Crippen LogP contribution in [-0.4, -0.2) is 47.8 Å². The van der Waals surface area contributed by atoms with Crippen molar-refractivity contribution >= 4 is 11.8 Å². The molecule has 7 heteroatoms. The molecule has 1 aliphatic heterocycles. The number of carbonyl (C=O) groups is 1. The summed E-state index contributed by atoms with van der Waals surface area (Å²) in [5, 5.41) is 2.96. The molecular formula is C23H31FN4O2. The Kier molecular flexibility index (Phi) is 7.26. The van der Waals surface area contributed by atoms with Gasteiger partial charge in [0.25, 0.3) is 0 Å². The van der Waals surface area contributed by atoms with E-state index in [1.165, 1.54) is 12.1 Å². The molecule has 0 radical (unpaired) electrons. The fourth-order valence-electron chi connectivity index (χ4n) is 3.87. The van der Waals surface area contributed by atoms with E-state index in [0.717, 1.165) is 30.0 Å². The number of benzene rings is 1. The van der Waals surface area contributed by atoms with Crippen molar-refractivity contribution in [3.05, 3.63) is 59.5 Å². The highest BCUT2D eigenvalue weighted by atomic mass is 19.1. The van der Waals surface area contributed by atoms with Gasteiger partial charge >= 0.3 is 6.03 Å². The molecule has 2 amide bonds. The molecule has 1 aromatic carbocycles. The van der Waals surface area contributed by atoms with Gasteiger partial charge in [-0.25, -0.2) is 14.2 Å².